The Bertz CT molecular complexity index is 1160. The summed E-state index contributed by atoms with van der Waals surface area (Å²) in [6.45, 7) is 2.06. The van der Waals surface area contributed by atoms with Crippen LogP contribution in [0.5, 0.6) is 0 Å². The number of piperidine rings is 1. The number of hydrogen-bond acceptors (Lipinski definition) is 3. The van der Waals surface area contributed by atoms with E-state index >= 15 is 0 Å². The summed E-state index contributed by atoms with van der Waals surface area (Å²) in [5, 5.41) is 0.710. The number of likely N-dealkylation sites (tertiary alicyclic amines) is 1. The molecule has 0 amide bonds. The Hall–Kier alpha value is -2.48. The van der Waals surface area contributed by atoms with Crippen molar-refractivity contribution in [2.75, 3.05) is 17.4 Å². The first kappa shape index (κ1) is 22.7. The van der Waals surface area contributed by atoms with Crippen LogP contribution in [0.3, 0.4) is 0 Å². The molecule has 32 heavy (non-hydrogen) atoms. The van der Waals surface area contributed by atoms with Gasteiger partial charge in [0.1, 0.15) is 11.6 Å². The quantitative estimate of drug-likeness (QED) is 0.473. The Labute approximate surface area is 192 Å². The van der Waals surface area contributed by atoms with E-state index in [0.717, 1.165) is 17.7 Å². The minimum Gasteiger partial charge on any atom is -0.299 e. The molecule has 0 aromatic heterocycles. The van der Waals surface area contributed by atoms with Crippen LogP contribution < -0.4 is 4.31 Å². The van der Waals surface area contributed by atoms with Crippen molar-refractivity contribution in [3.05, 3.63) is 95.0 Å². The van der Waals surface area contributed by atoms with Gasteiger partial charge in [0.2, 0.25) is 0 Å². The van der Waals surface area contributed by atoms with Gasteiger partial charge in [0.25, 0.3) is 10.0 Å². The lowest BCUT2D eigenvalue weighted by Crippen LogP contribution is -2.47. The third-order valence-corrected chi connectivity index (χ3v) is 7.96. The van der Waals surface area contributed by atoms with Crippen molar-refractivity contribution in [3.63, 3.8) is 0 Å². The molecule has 4 nitrogen and oxygen atoms in total. The van der Waals surface area contributed by atoms with Gasteiger partial charge in [-0.1, -0.05) is 29.8 Å². The highest BCUT2D eigenvalue weighted by Crippen LogP contribution is 2.31. The van der Waals surface area contributed by atoms with Crippen LogP contribution in [0.2, 0.25) is 5.02 Å². The lowest BCUT2D eigenvalue weighted by molar-refractivity contribution is 0.206. The summed E-state index contributed by atoms with van der Waals surface area (Å²) in [6, 6.07) is 17.6. The summed E-state index contributed by atoms with van der Waals surface area (Å²) < 4.78 is 55.3. The first-order valence-corrected chi connectivity index (χ1v) is 12.2. The fourth-order valence-corrected chi connectivity index (χ4v) is 5.94. The number of benzene rings is 3. The summed E-state index contributed by atoms with van der Waals surface area (Å²) in [7, 11) is -3.96. The lowest BCUT2D eigenvalue weighted by Gasteiger charge is -2.39. The second-order valence-corrected chi connectivity index (χ2v) is 10.1. The molecule has 0 saturated carbocycles. The molecule has 1 aliphatic heterocycles. The molecule has 0 spiro atoms. The molecule has 0 N–H and O–H groups in total. The Morgan fingerprint density at radius 1 is 0.875 bits per heavy atom. The van der Waals surface area contributed by atoms with Crippen molar-refractivity contribution in [2.24, 2.45) is 0 Å². The Morgan fingerprint density at radius 2 is 1.44 bits per heavy atom. The highest BCUT2D eigenvalue weighted by Gasteiger charge is 2.34. The highest BCUT2D eigenvalue weighted by molar-refractivity contribution is 7.92. The lowest BCUT2D eigenvalue weighted by atomic mass is 10.0. The van der Waals surface area contributed by atoms with Gasteiger partial charge < -0.3 is 0 Å². The minimum absolute atomic E-state index is 0.00159. The van der Waals surface area contributed by atoms with E-state index < -0.39 is 21.7 Å². The third-order valence-electron chi connectivity index (χ3n) is 5.69. The van der Waals surface area contributed by atoms with Crippen LogP contribution in [-0.2, 0) is 16.6 Å². The Balaban J connectivity index is 1.58. The SMILES string of the molecule is O=S(=O)(c1ccc(F)cc1)N(c1ccc(F)cc1)C1CCN(Cc2ccccc2Cl)CC1. The maximum atomic E-state index is 13.5. The molecule has 0 atom stereocenters. The van der Waals surface area contributed by atoms with Gasteiger partial charge in [-0.25, -0.2) is 17.2 Å². The molecule has 168 valence electrons. The van der Waals surface area contributed by atoms with Gasteiger partial charge in [-0.05, 0) is 73.0 Å². The summed E-state index contributed by atoms with van der Waals surface area (Å²) in [5.74, 6) is -0.951. The molecule has 0 unspecified atom stereocenters. The topological polar surface area (TPSA) is 40.6 Å². The fraction of sp³-hybridized carbons (Fsp3) is 0.250. The molecule has 8 heteroatoms. The zero-order valence-electron chi connectivity index (χ0n) is 17.3. The summed E-state index contributed by atoms with van der Waals surface area (Å²) >= 11 is 6.28. The summed E-state index contributed by atoms with van der Waals surface area (Å²) in [4.78, 5) is 2.24. The fourth-order valence-electron chi connectivity index (χ4n) is 4.03. The van der Waals surface area contributed by atoms with Crippen molar-refractivity contribution in [2.45, 2.75) is 30.3 Å². The normalized spacial score (nSPS) is 15.6. The monoisotopic (exact) mass is 476 g/mol. The van der Waals surface area contributed by atoms with E-state index in [1.54, 1.807) is 0 Å². The smallest absolute Gasteiger partial charge is 0.264 e. The molecule has 1 aliphatic rings. The molecular weight excluding hydrogens is 454 g/mol. The van der Waals surface area contributed by atoms with Gasteiger partial charge >= 0.3 is 0 Å². The second kappa shape index (κ2) is 9.57. The van der Waals surface area contributed by atoms with E-state index in [9.17, 15) is 17.2 Å². The molecule has 3 aromatic rings. The average molecular weight is 477 g/mol. The summed E-state index contributed by atoms with van der Waals surface area (Å²) in [5.41, 5.74) is 1.42. The largest absolute Gasteiger partial charge is 0.299 e. The zero-order valence-corrected chi connectivity index (χ0v) is 18.9. The number of halogens is 3. The van der Waals surface area contributed by atoms with Crippen LogP contribution in [0.1, 0.15) is 18.4 Å². The predicted molar refractivity (Wildman–Crippen MR) is 122 cm³/mol. The molecule has 1 heterocycles. The van der Waals surface area contributed by atoms with Crippen LogP contribution in [0, 0.1) is 11.6 Å². The molecule has 0 radical (unpaired) electrons. The molecule has 1 fully saturated rings. The van der Waals surface area contributed by atoms with Crippen molar-refractivity contribution in [1.29, 1.82) is 0 Å². The Kier molecular flexibility index (Phi) is 6.79. The second-order valence-electron chi connectivity index (χ2n) is 7.83. The van der Waals surface area contributed by atoms with E-state index in [-0.39, 0.29) is 10.9 Å². The van der Waals surface area contributed by atoms with Gasteiger partial charge in [-0.2, -0.15) is 0 Å². The maximum Gasteiger partial charge on any atom is 0.264 e. The third kappa shape index (κ3) is 4.95. The van der Waals surface area contributed by atoms with Gasteiger partial charge in [-0.3, -0.25) is 9.21 Å². The average Bonchev–Trinajstić information content (AvgIpc) is 2.78. The van der Waals surface area contributed by atoms with E-state index in [2.05, 4.69) is 4.90 Å². The van der Waals surface area contributed by atoms with Gasteiger partial charge in [0.05, 0.1) is 10.6 Å². The first-order chi connectivity index (χ1) is 15.3. The van der Waals surface area contributed by atoms with E-state index in [1.165, 1.54) is 40.7 Å². The van der Waals surface area contributed by atoms with Crippen molar-refractivity contribution in [1.82, 2.24) is 4.90 Å². The van der Waals surface area contributed by atoms with E-state index in [1.807, 2.05) is 24.3 Å². The van der Waals surface area contributed by atoms with Gasteiger partial charge in [0.15, 0.2) is 0 Å². The maximum absolute atomic E-state index is 13.5. The molecule has 4 rings (SSSR count). The number of nitrogens with zero attached hydrogens (tertiary/aromatic N) is 2. The van der Waals surface area contributed by atoms with Gasteiger partial charge in [0, 0.05) is 30.7 Å². The molecule has 1 saturated heterocycles. The van der Waals surface area contributed by atoms with E-state index in [0.29, 0.717) is 43.2 Å². The van der Waals surface area contributed by atoms with Crippen molar-refractivity contribution in [3.8, 4) is 0 Å². The van der Waals surface area contributed by atoms with Crippen LogP contribution >= 0.6 is 11.6 Å². The van der Waals surface area contributed by atoms with Crippen molar-refractivity contribution >= 4 is 27.3 Å². The molecule has 3 aromatic carbocycles. The van der Waals surface area contributed by atoms with Crippen LogP contribution in [0.4, 0.5) is 14.5 Å². The van der Waals surface area contributed by atoms with Crippen molar-refractivity contribution < 1.29 is 17.2 Å². The van der Waals surface area contributed by atoms with Crippen LogP contribution in [0.25, 0.3) is 0 Å². The predicted octanol–water partition coefficient (Wildman–Crippen LogP) is 5.48. The number of anilines is 1. The minimum atomic E-state index is -3.96. The molecule has 0 aliphatic carbocycles. The van der Waals surface area contributed by atoms with Crippen LogP contribution in [0.15, 0.2) is 77.7 Å². The molecular formula is C24H23ClF2N2O2S. The number of rotatable bonds is 6. The number of sulfonamides is 1. The Morgan fingerprint density at radius 3 is 2.03 bits per heavy atom. The van der Waals surface area contributed by atoms with E-state index in [4.69, 9.17) is 11.6 Å². The van der Waals surface area contributed by atoms with Crippen LogP contribution in [-0.4, -0.2) is 32.4 Å². The molecule has 0 bridgehead atoms. The highest BCUT2D eigenvalue weighted by atomic mass is 35.5. The zero-order chi connectivity index (χ0) is 22.7. The van der Waals surface area contributed by atoms with Gasteiger partial charge in [-0.15, -0.1) is 0 Å². The standard InChI is InChI=1S/C24H23ClF2N2O2S/c25-24-4-2-1-3-18(24)17-28-15-13-22(14-16-28)29(21-9-5-19(26)6-10-21)32(30,31)23-11-7-20(27)8-12-23/h1-12,22H,13-17H2. The summed E-state index contributed by atoms with van der Waals surface area (Å²) in [6.07, 6.45) is 1.20. The first-order valence-electron chi connectivity index (χ1n) is 10.4. The number of hydrogen-bond donors (Lipinski definition) is 0.